The largest absolute Gasteiger partial charge is 0.271 e. The van der Waals surface area contributed by atoms with Crippen LogP contribution in [0.3, 0.4) is 0 Å². The lowest BCUT2D eigenvalue weighted by Gasteiger charge is -2.18. The highest BCUT2D eigenvalue weighted by molar-refractivity contribution is 9.10. The van der Waals surface area contributed by atoms with Gasteiger partial charge in [0.2, 0.25) is 0 Å². The second-order valence-corrected chi connectivity index (χ2v) is 5.89. The van der Waals surface area contributed by atoms with Crippen LogP contribution in [0.1, 0.15) is 17.2 Å². The summed E-state index contributed by atoms with van der Waals surface area (Å²) >= 11 is 6.93. The van der Waals surface area contributed by atoms with Crippen molar-refractivity contribution in [1.29, 1.82) is 0 Å². The van der Waals surface area contributed by atoms with Gasteiger partial charge >= 0.3 is 0 Å². The van der Waals surface area contributed by atoms with Gasteiger partial charge in [-0.1, -0.05) is 50.1 Å². The van der Waals surface area contributed by atoms with E-state index in [0.717, 1.165) is 20.1 Å². The summed E-state index contributed by atoms with van der Waals surface area (Å²) in [5, 5.41) is 0. The minimum absolute atomic E-state index is 0.163. The number of benzene rings is 2. The van der Waals surface area contributed by atoms with Gasteiger partial charge in [-0.2, -0.15) is 0 Å². The summed E-state index contributed by atoms with van der Waals surface area (Å²) in [5.74, 6) is 5.34. The number of hydrazine groups is 1. The first-order chi connectivity index (χ1) is 9.11. The predicted molar refractivity (Wildman–Crippen MR) is 82.0 cm³/mol. The third kappa shape index (κ3) is 3.63. The molecule has 0 aliphatic rings. The Labute approximate surface area is 128 Å². The number of nitrogens with one attached hydrogen (secondary N) is 1. The Kier molecular flexibility index (Phi) is 5.10. The molecule has 0 saturated heterocycles. The third-order valence-electron chi connectivity index (χ3n) is 2.92. The highest BCUT2D eigenvalue weighted by atomic mass is 79.9. The molecule has 0 bridgehead atoms. The van der Waals surface area contributed by atoms with E-state index in [1.165, 1.54) is 12.1 Å². The van der Waals surface area contributed by atoms with E-state index in [1.807, 2.05) is 24.3 Å². The van der Waals surface area contributed by atoms with Gasteiger partial charge in [0.1, 0.15) is 5.82 Å². The molecule has 0 amide bonds. The van der Waals surface area contributed by atoms with Crippen LogP contribution in [0.15, 0.2) is 51.4 Å². The van der Waals surface area contributed by atoms with Crippen molar-refractivity contribution in [3.05, 3.63) is 68.4 Å². The molecule has 0 fully saturated rings. The smallest absolute Gasteiger partial charge is 0.123 e. The first kappa shape index (κ1) is 14.7. The molecule has 2 rings (SSSR count). The van der Waals surface area contributed by atoms with E-state index in [-0.39, 0.29) is 11.9 Å². The molecular weight excluding hydrogens is 375 g/mol. The number of nitrogens with two attached hydrogens (primary N) is 1. The van der Waals surface area contributed by atoms with Crippen molar-refractivity contribution in [2.45, 2.75) is 12.5 Å². The van der Waals surface area contributed by atoms with Crippen LogP contribution in [-0.4, -0.2) is 0 Å². The zero-order chi connectivity index (χ0) is 13.8. The molecule has 1 atom stereocenters. The number of hydrogen-bond donors (Lipinski definition) is 2. The fourth-order valence-corrected chi connectivity index (χ4v) is 2.89. The molecule has 3 N–H and O–H groups in total. The topological polar surface area (TPSA) is 38.0 Å². The molecule has 0 aliphatic carbocycles. The first-order valence-electron chi connectivity index (χ1n) is 5.76. The van der Waals surface area contributed by atoms with Crippen molar-refractivity contribution in [3.8, 4) is 0 Å². The predicted octanol–water partition coefficient (Wildman–Crippen LogP) is 4.10. The molecule has 1 unspecified atom stereocenters. The van der Waals surface area contributed by atoms with E-state index < -0.39 is 0 Å². The number of halogens is 3. The average Bonchev–Trinajstić information content (AvgIpc) is 2.41. The molecule has 2 nitrogen and oxygen atoms in total. The fraction of sp³-hybridized carbons (Fsp3) is 0.143. The Morgan fingerprint density at radius 2 is 1.84 bits per heavy atom. The van der Waals surface area contributed by atoms with Gasteiger partial charge in [0.05, 0.1) is 6.04 Å². The molecule has 2 aromatic carbocycles. The van der Waals surface area contributed by atoms with Gasteiger partial charge < -0.3 is 0 Å². The van der Waals surface area contributed by atoms with E-state index in [1.54, 1.807) is 6.07 Å². The summed E-state index contributed by atoms with van der Waals surface area (Å²) in [4.78, 5) is 0. The molecule has 0 heterocycles. The molecule has 0 aliphatic heterocycles. The highest BCUT2D eigenvalue weighted by Gasteiger charge is 2.15. The maximum atomic E-state index is 13.4. The highest BCUT2D eigenvalue weighted by Crippen LogP contribution is 2.28. The van der Waals surface area contributed by atoms with Gasteiger partial charge in [-0.3, -0.25) is 11.3 Å². The third-order valence-corrected chi connectivity index (χ3v) is 4.41. The number of rotatable bonds is 4. The monoisotopic (exact) mass is 386 g/mol. The van der Waals surface area contributed by atoms with Gasteiger partial charge in [0, 0.05) is 8.95 Å². The van der Waals surface area contributed by atoms with Crippen molar-refractivity contribution in [2.75, 3.05) is 0 Å². The van der Waals surface area contributed by atoms with Crippen LogP contribution in [0.25, 0.3) is 0 Å². The number of hydrogen-bond acceptors (Lipinski definition) is 2. The van der Waals surface area contributed by atoms with Gasteiger partial charge in [-0.05, 0) is 41.8 Å². The lowest BCUT2D eigenvalue weighted by atomic mass is 9.99. The normalized spacial score (nSPS) is 12.4. The van der Waals surface area contributed by atoms with Crippen molar-refractivity contribution in [3.63, 3.8) is 0 Å². The van der Waals surface area contributed by atoms with E-state index in [2.05, 4.69) is 37.3 Å². The van der Waals surface area contributed by atoms with Gasteiger partial charge in [0.25, 0.3) is 0 Å². The van der Waals surface area contributed by atoms with Gasteiger partial charge in [0.15, 0.2) is 0 Å². The van der Waals surface area contributed by atoms with E-state index in [0.29, 0.717) is 6.42 Å². The zero-order valence-electron chi connectivity index (χ0n) is 10.0. The molecule has 0 spiro atoms. The molecule has 0 aromatic heterocycles. The minimum atomic E-state index is -0.273. The second-order valence-electron chi connectivity index (χ2n) is 4.18. The van der Waals surface area contributed by atoms with Crippen molar-refractivity contribution in [2.24, 2.45) is 5.84 Å². The Hall–Kier alpha value is -0.750. The minimum Gasteiger partial charge on any atom is -0.271 e. The summed E-state index contributed by atoms with van der Waals surface area (Å²) in [7, 11) is 0. The quantitative estimate of drug-likeness (QED) is 0.612. The van der Waals surface area contributed by atoms with Crippen LogP contribution in [0.4, 0.5) is 4.39 Å². The molecule has 0 saturated carbocycles. The Morgan fingerprint density at radius 3 is 2.53 bits per heavy atom. The summed E-state index contributed by atoms with van der Waals surface area (Å²) in [5.41, 5.74) is 4.66. The molecule has 0 radical (unpaired) electrons. The SMILES string of the molecule is NNC(Cc1ccccc1Br)c1cc(F)ccc1Br. The standard InChI is InChI=1S/C14H13Br2FN2/c15-12-4-2-1-3-9(12)7-14(19-18)11-8-10(17)5-6-13(11)16/h1-6,8,14,19H,7,18H2. The van der Waals surface area contributed by atoms with Gasteiger partial charge in [-0.25, -0.2) is 4.39 Å². The first-order valence-corrected chi connectivity index (χ1v) is 7.35. The summed E-state index contributed by atoms with van der Waals surface area (Å²) in [6.45, 7) is 0. The zero-order valence-corrected chi connectivity index (χ0v) is 13.2. The maximum absolute atomic E-state index is 13.4. The summed E-state index contributed by atoms with van der Waals surface area (Å²) < 4.78 is 15.2. The fourth-order valence-electron chi connectivity index (χ4n) is 1.92. The lowest BCUT2D eigenvalue weighted by molar-refractivity contribution is 0.541. The molecule has 2 aromatic rings. The van der Waals surface area contributed by atoms with Crippen LogP contribution in [0.2, 0.25) is 0 Å². The molecule has 100 valence electrons. The van der Waals surface area contributed by atoms with Crippen LogP contribution in [0.5, 0.6) is 0 Å². The van der Waals surface area contributed by atoms with E-state index in [9.17, 15) is 4.39 Å². The maximum Gasteiger partial charge on any atom is 0.123 e. The molecular formula is C14H13Br2FN2. The van der Waals surface area contributed by atoms with Crippen LogP contribution in [-0.2, 0) is 6.42 Å². The summed E-state index contributed by atoms with van der Waals surface area (Å²) in [6, 6.07) is 12.3. The van der Waals surface area contributed by atoms with E-state index >= 15 is 0 Å². The lowest BCUT2D eigenvalue weighted by Crippen LogP contribution is -2.30. The van der Waals surface area contributed by atoms with Gasteiger partial charge in [-0.15, -0.1) is 0 Å². The van der Waals surface area contributed by atoms with E-state index in [4.69, 9.17) is 5.84 Å². The second kappa shape index (κ2) is 6.61. The van der Waals surface area contributed by atoms with Crippen LogP contribution < -0.4 is 11.3 Å². The van der Waals surface area contributed by atoms with Crippen LogP contribution in [0, 0.1) is 5.82 Å². The molecule has 19 heavy (non-hydrogen) atoms. The van der Waals surface area contributed by atoms with Crippen molar-refractivity contribution >= 4 is 31.9 Å². The van der Waals surface area contributed by atoms with Crippen LogP contribution >= 0.6 is 31.9 Å². The average molecular weight is 388 g/mol. The summed E-state index contributed by atoms with van der Waals surface area (Å²) in [6.07, 6.45) is 0.667. The Bertz CT molecular complexity index is 575. The van der Waals surface area contributed by atoms with Crippen molar-refractivity contribution in [1.82, 2.24) is 5.43 Å². The van der Waals surface area contributed by atoms with Crippen molar-refractivity contribution < 1.29 is 4.39 Å². The Morgan fingerprint density at radius 1 is 1.11 bits per heavy atom. The molecule has 5 heteroatoms. The Balaban J connectivity index is 2.30.